The smallest absolute Gasteiger partial charge is 0.193 e. The van der Waals surface area contributed by atoms with Crippen molar-refractivity contribution in [1.82, 2.24) is 15.1 Å². The van der Waals surface area contributed by atoms with Crippen LogP contribution in [0, 0.1) is 0 Å². The van der Waals surface area contributed by atoms with Gasteiger partial charge in [-0.25, -0.2) is 0 Å². The van der Waals surface area contributed by atoms with E-state index in [4.69, 9.17) is 0 Å². The molecule has 1 aromatic rings. The van der Waals surface area contributed by atoms with Gasteiger partial charge in [0.1, 0.15) is 0 Å². The molecule has 0 spiro atoms. The van der Waals surface area contributed by atoms with Gasteiger partial charge in [0.15, 0.2) is 5.96 Å². The quantitative estimate of drug-likeness (QED) is 0.631. The first-order valence-electron chi connectivity index (χ1n) is 8.19. The summed E-state index contributed by atoms with van der Waals surface area (Å²) in [5.41, 5.74) is -0.568. The molecule has 3 rings (SSSR count). The van der Waals surface area contributed by atoms with Gasteiger partial charge in [0.2, 0.25) is 0 Å². The van der Waals surface area contributed by atoms with Gasteiger partial charge in [-0.15, -0.1) is 11.3 Å². The minimum absolute atomic E-state index is 0.568. The van der Waals surface area contributed by atoms with Gasteiger partial charge in [0.05, 0.1) is 5.60 Å². The van der Waals surface area contributed by atoms with E-state index in [1.165, 1.54) is 4.88 Å². The maximum atomic E-state index is 10.5. The summed E-state index contributed by atoms with van der Waals surface area (Å²) in [4.78, 5) is 10.6. The van der Waals surface area contributed by atoms with Crippen molar-refractivity contribution < 1.29 is 5.11 Å². The number of hydrogen-bond donors (Lipinski definition) is 2. The first kappa shape index (κ1) is 17.1. The molecule has 2 aliphatic rings. The Bertz CT molecular complexity index is 506. The van der Waals surface area contributed by atoms with E-state index in [0.29, 0.717) is 6.54 Å². The van der Waals surface area contributed by atoms with Crippen LogP contribution in [0.4, 0.5) is 0 Å². The van der Waals surface area contributed by atoms with E-state index in [1.54, 1.807) is 0 Å². The summed E-state index contributed by atoms with van der Waals surface area (Å²) in [6, 6.07) is 4.33. The highest BCUT2D eigenvalue weighted by Crippen LogP contribution is 2.27. The number of nitrogens with one attached hydrogen (secondary N) is 1. The second-order valence-corrected chi connectivity index (χ2v) is 8.41. The molecule has 1 unspecified atom stereocenters. The standard InChI is InChI=1S/C16H26N4OS2/c1-17-15(18-12-16(21)4-10-22-13-16)20-7-5-19(6-8-20)11-14-3-2-9-23-14/h2-3,9,21H,4-8,10-13H2,1H3,(H,17,18). The van der Waals surface area contributed by atoms with E-state index in [-0.39, 0.29) is 0 Å². The molecule has 1 aromatic heterocycles. The predicted octanol–water partition coefficient (Wildman–Crippen LogP) is 1.31. The number of thiophene rings is 1. The van der Waals surface area contributed by atoms with Crippen molar-refractivity contribution in [3.8, 4) is 0 Å². The summed E-state index contributed by atoms with van der Waals surface area (Å²) in [6.45, 7) is 5.73. The summed E-state index contributed by atoms with van der Waals surface area (Å²) in [5, 5.41) is 16.0. The molecule has 0 radical (unpaired) electrons. The zero-order valence-corrected chi connectivity index (χ0v) is 15.3. The van der Waals surface area contributed by atoms with Gasteiger partial charge in [-0.05, 0) is 23.6 Å². The molecule has 1 atom stereocenters. The Labute approximate surface area is 146 Å². The molecule has 2 saturated heterocycles. The fourth-order valence-corrected chi connectivity index (χ4v) is 5.09. The number of thioether (sulfide) groups is 1. The highest BCUT2D eigenvalue weighted by Gasteiger charge is 2.32. The van der Waals surface area contributed by atoms with Crippen LogP contribution < -0.4 is 5.32 Å². The average Bonchev–Trinajstić information content (AvgIpc) is 3.22. The molecular weight excluding hydrogens is 328 g/mol. The van der Waals surface area contributed by atoms with Crippen LogP contribution in [-0.4, -0.2) is 77.7 Å². The van der Waals surface area contributed by atoms with Gasteiger partial charge in [0.25, 0.3) is 0 Å². The summed E-state index contributed by atoms with van der Waals surface area (Å²) in [6.07, 6.45) is 0.871. The molecule has 2 N–H and O–H groups in total. The van der Waals surface area contributed by atoms with Crippen LogP contribution in [0.1, 0.15) is 11.3 Å². The fourth-order valence-electron chi connectivity index (χ4n) is 3.05. The number of nitrogens with zero attached hydrogens (tertiary/aromatic N) is 3. The molecule has 0 amide bonds. The zero-order chi connectivity index (χ0) is 16.1. The molecule has 23 heavy (non-hydrogen) atoms. The van der Waals surface area contributed by atoms with Crippen molar-refractivity contribution >= 4 is 29.1 Å². The molecule has 0 saturated carbocycles. The van der Waals surface area contributed by atoms with Crippen LogP contribution in [0.2, 0.25) is 0 Å². The van der Waals surface area contributed by atoms with Crippen LogP contribution >= 0.6 is 23.1 Å². The van der Waals surface area contributed by atoms with Gasteiger partial charge in [-0.2, -0.15) is 11.8 Å². The summed E-state index contributed by atoms with van der Waals surface area (Å²) < 4.78 is 0. The highest BCUT2D eigenvalue weighted by molar-refractivity contribution is 7.99. The predicted molar refractivity (Wildman–Crippen MR) is 99.4 cm³/mol. The lowest BCUT2D eigenvalue weighted by molar-refractivity contribution is 0.0711. The minimum Gasteiger partial charge on any atom is -0.387 e. The zero-order valence-electron chi connectivity index (χ0n) is 13.7. The molecule has 0 aromatic carbocycles. The Morgan fingerprint density at radius 1 is 1.39 bits per heavy atom. The van der Waals surface area contributed by atoms with E-state index in [1.807, 2.05) is 30.1 Å². The topological polar surface area (TPSA) is 51.1 Å². The van der Waals surface area contributed by atoms with E-state index in [0.717, 1.165) is 56.6 Å². The molecule has 3 heterocycles. The third kappa shape index (κ3) is 4.62. The summed E-state index contributed by atoms with van der Waals surface area (Å²) >= 11 is 3.66. The Morgan fingerprint density at radius 3 is 2.83 bits per heavy atom. The Balaban J connectivity index is 1.45. The summed E-state index contributed by atoms with van der Waals surface area (Å²) in [7, 11) is 1.83. The number of hydrogen-bond acceptors (Lipinski definition) is 5. The van der Waals surface area contributed by atoms with Crippen LogP contribution in [-0.2, 0) is 6.54 Å². The number of aliphatic hydroxyl groups is 1. The Kier molecular flexibility index (Phi) is 5.85. The third-order valence-corrected chi connectivity index (χ3v) is 6.60. The lowest BCUT2D eigenvalue weighted by Gasteiger charge is -2.37. The average molecular weight is 355 g/mol. The second-order valence-electron chi connectivity index (χ2n) is 6.27. The number of rotatable bonds is 4. The first-order valence-corrected chi connectivity index (χ1v) is 10.2. The molecule has 0 bridgehead atoms. The highest BCUT2D eigenvalue weighted by atomic mass is 32.2. The molecule has 2 fully saturated rings. The van der Waals surface area contributed by atoms with E-state index in [2.05, 4.69) is 37.6 Å². The maximum absolute atomic E-state index is 10.5. The van der Waals surface area contributed by atoms with Crippen LogP contribution in [0.15, 0.2) is 22.5 Å². The number of piperazine rings is 1. The van der Waals surface area contributed by atoms with Crippen molar-refractivity contribution in [3.63, 3.8) is 0 Å². The second kappa shape index (κ2) is 7.88. The molecular formula is C16H26N4OS2. The Hall–Kier alpha value is -0.760. The van der Waals surface area contributed by atoms with Crippen molar-refractivity contribution in [2.45, 2.75) is 18.6 Å². The van der Waals surface area contributed by atoms with Crippen LogP contribution in [0.3, 0.4) is 0 Å². The first-order chi connectivity index (χ1) is 11.2. The molecule has 128 valence electrons. The SMILES string of the molecule is CN=C(NCC1(O)CCSC1)N1CCN(Cc2cccs2)CC1. The molecule has 2 aliphatic heterocycles. The molecule has 7 heteroatoms. The largest absolute Gasteiger partial charge is 0.387 e. The number of guanidine groups is 1. The van der Waals surface area contributed by atoms with Crippen LogP contribution in [0.5, 0.6) is 0 Å². The minimum atomic E-state index is -0.568. The summed E-state index contributed by atoms with van der Waals surface area (Å²) in [5.74, 6) is 2.80. The van der Waals surface area contributed by atoms with Crippen LogP contribution in [0.25, 0.3) is 0 Å². The lowest BCUT2D eigenvalue weighted by Crippen LogP contribution is -2.54. The van der Waals surface area contributed by atoms with Gasteiger partial charge >= 0.3 is 0 Å². The molecule has 0 aliphatic carbocycles. The van der Waals surface area contributed by atoms with Crippen molar-refractivity contribution in [2.24, 2.45) is 4.99 Å². The van der Waals surface area contributed by atoms with Crippen molar-refractivity contribution in [1.29, 1.82) is 0 Å². The number of aliphatic imine (C=N–C) groups is 1. The van der Waals surface area contributed by atoms with Gasteiger partial charge in [-0.1, -0.05) is 6.07 Å². The maximum Gasteiger partial charge on any atom is 0.193 e. The fraction of sp³-hybridized carbons (Fsp3) is 0.688. The van der Waals surface area contributed by atoms with E-state index < -0.39 is 5.60 Å². The van der Waals surface area contributed by atoms with Gasteiger partial charge in [-0.3, -0.25) is 9.89 Å². The van der Waals surface area contributed by atoms with Crippen molar-refractivity contribution in [2.75, 3.05) is 51.3 Å². The third-order valence-electron chi connectivity index (χ3n) is 4.50. The van der Waals surface area contributed by atoms with Crippen molar-refractivity contribution in [3.05, 3.63) is 22.4 Å². The van der Waals surface area contributed by atoms with Gasteiger partial charge < -0.3 is 15.3 Å². The van der Waals surface area contributed by atoms with E-state index in [9.17, 15) is 5.11 Å². The van der Waals surface area contributed by atoms with E-state index >= 15 is 0 Å². The normalized spacial score (nSPS) is 26.7. The monoisotopic (exact) mass is 354 g/mol. The molecule has 5 nitrogen and oxygen atoms in total. The Morgan fingerprint density at radius 2 is 2.22 bits per heavy atom. The lowest BCUT2D eigenvalue weighted by atomic mass is 10.0. The van der Waals surface area contributed by atoms with Gasteiger partial charge in [0, 0.05) is 56.9 Å².